The van der Waals surface area contributed by atoms with Crippen LogP contribution in [0.4, 0.5) is 0 Å². The summed E-state index contributed by atoms with van der Waals surface area (Å²) in [4.78, 5) is 0. The highest BCUT2D eigenvalue weighted by atomic mass is 35.5. The van der Waals surface area contributed by atoms with Crippen LogP contribution in [0, 0.1) is 6.92 Å². The Bertz CT molecular complexity index is 549. The maximum Gasteiger partial charge on any atom is 0.0554 e. The molecule has 1 atom stereocenters. The molecule has 0 spiro atoms. The third kappa shape index (κ3) is 2.58. The van der Waals surface area contributed by atoms with Gasteiger partial charge in [0.25, 0.3) is 0 Å². The van der Waals surface area contributed by atoms with Crippen LogP contribution in [-0.2, 0) is 6.42 Å². The minimum Gasteiger partial charge on any atom is -0.320 e. The molecule has 0 aliphatic heterocycles. The van der Waals surface area contributed by atoms with Gasteiger partial charge in [0.1, 0.15) is 0 Å². The van der Waals surface area contributed by atoms with Gasteiger partial charge in [-0.2, -0.15) is 0 Å². The van der Waals surface area contributed by atoms with Gasteiger partial charge in [0.2, 0.25) is 0 Å². The second kappa shape index (κ2) is 5.55. The minimum atomic E-state index is -0.112. The van der Waals surface area contributed by atoms with E-state index in [0.29, 0.717) is 0 Å². The molecule has 0 saturated carbocycles. The van der Waals surface area contributed by atoms with Crippen LogP contribution >= 0.6 is 11.6 Å². The average Bonchev–Trinajstić information content (AvgIpc) is 2.41. The summed E-state index contributed by atoms with van der Waals surface area (Å²) in [7, 11) is 0. The number of hydrogen-bond acceptors (Lipinski definition) is 1. The van der Waals surface area contributed by atoms with E-state index in [2.05, 4.69) is 31.2 Å². The number of rotatable bonds is 3. The molecule has 2 N–H and O–H groups in total. The first kappa shape index (κ1) is 13.1. The Balaban J connectivity index is 2.41. The van der Waals surface area contributed by atoms with E-state index in [1.54, 1.807) is 0 Å². The summed E-state index contributed by atoms with van der Waals surface area (Å²) in [6.07, 6.45) is 0.990. The van der Waals surface area contributed by atoms with Gasteiger partial charge in [0.05, 0.1) is 6.04 Å². The van der Waals surface area contributed by atoms with E-state index in [4.69, 9.17) is 17.3 Å². The molecule has 18 heavy (non-hydrogen) atoms. The van der Waals surface area contributed by atoms with Crippen molar-refractivity contribution in [1.29, 1.82) is 0 Å². The lowest BCUT2D eigenvalue weighted by Crippen LogP contribution is -2.14. The summed E-state index contributed by atoms with van der Waals surface area (Å²) in [6, 6.07) is 14.2. The highest BCUT2D eigenvalue weighted by Crippen LogP contribution is 2.26. The lowest BCUT2D eigenvalue weighted by molar-refractivity contribution is 0.849. The molecule has 2 rings (SSSR count). The van der Waals surface area contributed by atoms with Gasteiger partial charge in [-0.1, -0.05) is 54.9 Å². The number of nitrogens with two attached hydrogens (primary N) is 1. The monoisotopic (exact) mass is 259 g/mol. The lowest BCUT2D eigenvalue weighted by atomic mass is 9.93. The first-order chi connectivity index (χ1) is 8.63. The standard InChI is InChI=1S/C16H18ClN/c1-3-12-6-4-5-7-14(12)16(18)13-9-8-11(2)15(17)10-13/h4-10,16H,3,18H2,1-2H3. The van der Waals surface area contributed by atoms with Crippen molar-refractivity contribution in [3.63, 3.8) is 0 Å². The zero-order valence-corrected chi connectivity index (χ0v) is 11.5. The second-order valence-corrected chi connectivity index (χ2v) is 4.95. The normalized spacial score (nSPS) is 12.4. The third-order valence-corrected chi connectivity index (χ3v) is 3.73. The SMILES string of the molecule is CCc1ccccc1C(N)c1ccc(C)c(Cl)c1. The van der Waals surface area contributed by atoms with Crippen LogP contribution in [-0.4, -0.2) is 0 Å². The second-order valence-electron chi connectivity index (χ2n) is 4.54. The summed E-state index contributed by atoms with van der Waals surface area (Å²) < 4.78 is 0. The van der Waals surface area contributed by atoms with Crippen molar-refractivity contribution >= 4 is 11.6 Å². The van der Waals surface area contributed by atoms with Gasteiger partial charge in [-0.15, -0.1) is 0 Å². The lowest BCUT2D eigenvalue weighted by Gasteiger charge is -2.17. The molecule has 2 heteroatoms. The fraction of sp³-hybridized carbons (Fsp3) is 0.250. The highest BCUT2D eigenvalue weighted by molar-refractivity contribution is 6.31. The zero-order chi connectivity index (χ0) is 13.1. The van der Waals surface area contributed by atoms with E-state index in [1.807, 2.05) is 25.1 Å². The molecule has 0 bridgehead atoms. The van der Waals surface area contributed by atoms with Crippen LogP contribution in [0.3, 0.4) is 0 Å². The van der Waals surface area contributed by atoms with Crippen LogP contribution in [0.1, 0.15) is 35.2 Å². The molecule has 0 heterocycles. The number of benzene rings is 2. The Labute approximate surface area is 114 Å². The van der Waals surface area contributed by atoms with Gasteiger partial charge in [-0.25, -0.2) is 0 Å². The minimum absolute atomic E-state index is 0.112. The van der Waals surface area contributed by atoms with Gasteiger partial charge in [-0.05, 0) is 41.7 Å². The van der Waals surface area contributed by atoms with Crippen LogP contribution in [0.5, 0.6) is 0 Å². The Morgan fingerprint density at radius 3 is 2.56 bits per heavy atom. The molecule has 2 aromatic carbocycles. The molecule has 0 aromatic heterocycles. The fourth-order valence-corrected chi connectivity index (χ4v) is 2.33. The molecular weight excluding hydrogens is 242 g/mol. The molecule has 0 amide bonds. The maximum atomic E-state index is 6.35. The Hall–Kier alpha value is -1.31. The van der Waals surface area contributed by atoms with Crippen molar-refractivity contribution in [2.75, 3.05) is 0 Å². The predicted octanol–water partition coefficient (Wildman–Crippen LogP) is 4.26. The van der Waals surface area contributed by atoms with E-state index in [-0.39, 0.29) is 6.04 Å². The molecule has 0 fully saturated rings. The average molecular weight is 260 g/mol. The topological polar surface area (TPSA) is 26.0 Å². The molecule has 0 radical (unpaired) electrons. The van der Waals surface area contributed by atoms with Crippen LogP contribution in [0.25, 0.3) is 0 Å². The molecule has 2 aromatic rings. The van der Waals surface area contributed by atoms with Gasteiger partial charge in [0, 0.05) is 5.02 Å². The number of hydrogen-bond donors (Lipinski definition) is 1. The first-order valence-electron chi connectivity index (χ1n) is 6.23. The molecule has 1 nitrogen and oxygen atoms in total. The van der Waals surface area contributed by atoms with Gasteiger partial charge in [0.15, 0.2) is 0 Å². The van der Waals surface area contributed by atoms with E-state index in [9.17, 15) is 0 Å². The Morgan fingerprint density at radius 2 is 1.89 bits per heavy atom. The van der Waals surface area contributed by atoms with Gasteiger partial charge >= 0.3 is 0 Å². The summed E-state index contributed by atoms with van der Waals surface area (Å²) >= 11 is 6.16. The molecule has 0 aliphatic rings. The maximum absolute atomic E-state index is 6.35. The van der Waals surface area contributed by atoms with E-state index in [0.717, 1.165) is 22.6 Å². The van der Waals surface area contributed by atoms with E-state index < -0.39 is 0 Å². The van der Waals surface area contributed by atoms with Crippen LogP contribution in [0.2, 0.25) is 5.02 Å². The fourth-order valence-electron chi connectivity index (χ4n) is 2.14. The summed E-state index contributed by atoms with van der Waals surface area (Å²) in [6.45, 7) is 4.14. The first-order valence-corrected chi connectivity index (χ1v) is 6.60. The van der Waals surface area contributed by atoms with Crippen molar-refractivity contribution in [2.45, 2.75) is 26.3 Å². The van der Waals surface area contributed by atoms with Crippen molar-refractivity contribution in [1.82, 2.24) is 0 Å². The largest absolute Gasteiger partial charge is 0.320 e. The predicted molar refractivity (Wildman–Crippen MR) is 78.0 cm³/mol. The molecule has 94 valence electrons. The molecule has 1 unspecified atom stereocenters. The van der Waals surface area contributed by atoms with Crippen molar-refractivity contribution in [3.05, 3.63) is 69.7 Å². The molecular formula is C16H18ClN. The van der Waals surface area contributed by atoms with Crippen molar-refractivity contribution < 1.29 is 0 Å². The van der Waals surface area contributed by atoms with Gasteiger partial charge in [-0.3, -0.25) is 0 Å². The number of aryl methyl sites for hydroxylation is 2. The molecule has 0 aliphatic carbocycles. The van der Waals surface area contributed by atoms with E-state index in [1.165, 1.54) is 11.1 Å². The van der Waals surface area contributed by atoms with Crippen molar-refractivity contribution in [3.8, 4) is 0 Å². The quantitative estimate of drug-likeness (QED) is 0.876. The van der Waals surface area contributed by atoms with Crippen molar-refractivity contribution in [2.24, 2.45) is 5.73 Å². The molecule has 0 saturated heterocycles. The summed E-state index contributed by atoms with van der Waals surface area (Å²) in [5, 5.41) is 0.775. The summed E-state index contributed by atoms with van der Waals surface area (Å²) in [5.41, 5.74) is 11.0. The number of halogens is 1. The highest BCUT2D eigenvalue weighted by Gasteiger charge is 2.12. The summed E-state index contributed by atoms with van der Waals surface area (Å²) in [5.74, 6) is 0. The van der Waals surface area contributed by atoms with Crippen LogP contribution < -0.4 is 5.73 Å². The van der Waals surface area contributed by atoms with Crippen LogP contribution in [0.15, 0.2) is 42.5 Å². The third-order valence-electron chi connectivity index (χ3n) is 3.33. The Kier molecular flexibility index (Phi) is 4.05. The zero-order valence-electron chi connectivity index (χ0n) is 10.8. The smallest absolute Gasteiger partial charge is 0.0554 e. The van der Waals surface area contributed by atoms with Gasteiger partial charge < -0.3 is 5.73 Å². The Morgan fingerprint density at radius 1 is 1.17 bits per heavy atom. The van der Waals surface area contributed by atoms with E-state index >= 15 is 0 Å².